The van der Waals surface area contributed by atoms with E-state index in [1.807, 2.05) is 0 Å². The summed E-state index contributed by atoms with van der Waals surface area (Å²) in [5.74, 6) is 4.82. The van der Waals surface area contributed by atoms with Crippen molar-refractivity contribution in [1.82, 2.24) is 5.43 Å². The van der Waals surface area contributed by atoms with Crippen LogP contribution in [0, 0.1) is 0 Å². The first-order valence-corrected chi connectivity index (χ1v) is 4.87. The van der Waals surface area contributed by atoms with Gasteiger partial charge < -0.3 is 9.47 Å². The van der Waals surface area contributed by atoms with Crippen molar-refractivity contribution in [2.24, 2.45) is 5.84 Å². The summed E-state index contributed by atoms with van der Waals surface area (Å²) in [4.78, 5) is 10.7. The van der Waals surface area contributed by atoms with E-state index in [1.54, 1.807) is 7.11 Å². The number of hydrazine groups is 1. The van der Waals surface area contributed by atoms with E-state index in [0.29, 0.717) is 19.6 Å². The largest absolute Gasteiger partial charge is 0.382 e. The number of carbonyl (C=O) groups excluding carboxylic acids is 1. The molecule has 0 spiro atoms. The van der Waals surface area contributed by atoms with E-state index in [-0.39, 0.29) is 5.91 Å². The molecule has 3 N–H and O–H groups in total. The van der Waals surface area contributed by atoms with Gasteiger partial charge in [0.2, 0.25) is 5.91 Å². The Kier molecular flexibility index (Phi) is 9.95. The lowest BCUT2D eigenvalue weighted by atomic mass is 10.2. The third-order valence-corrected chi connectivity index (χ3v) is 1.79. The predicted molar refractivity (Wildman–Crippen MR) is 53.5 cm³/mol. The molecule has 0 aromatic carbocycles. The van der Waals surface area contributed by atoms with E-state index in [0.717, 1.165) is 25.9 Å². The highest BCUT2D eigenvalue weighted by Crippen LogP contribution is 1.99. The maximum absolute atomic E-state index is 10.7. The van der Waals surface area contributed by atoms with Gasteiger partial charge in [0.25, 0.3) is 0 Å². The fourth-order valence-corrected chi connectivity index (χ4v) is 0.983. The molecule has 84 valence electrons. The third-order valence-electron chi connectivity index (χ3n) is 1.79. The lowest BCUT2D eigenvalue weighted by molar-refractivity contribution is -0.121. The Hall–Kier alpha value is -0.650. The van der Waals surface area contributed by atoms with Crippen LogP contribution in [0.15, 0.2) is 0 Å². The SMILES string of the molecule is COCCOCCCCCC(=O)NN. The van der Waals surface area contributed by atoms with Crippen LogP contribution in [0.5, 0.6) is 0 Å². The normalized spacial score (nSPS) is 10.1. The minimum atomic E-state index is -0.106. The summed E-state index contributed by atoms with van der Waals surface area (Å²) in [5, 5.41) is 0. The van der Waals surface area contributed by atoms with E-state index in [2.05, 4.69) is 5.43 Å². The lowest BCUT2D eigenvalue weighted by Gasteiger charge is -2.03. The highest BCUT2D eigenvalue weighted by molar-refractivity contribution is 5.74. The van der Waals surface area contributed by atoms with Crippen molar-refractivity contribution in [2.45, 2.75) is 25.7 Å². The second-order valence-corrected chi connectivity index (χ2v) is 2.98. The number of nitrogens with two attached hydrogens (primary N) is 1. The first kappa shape index (κ1) is 13.4. The maximum Gasteiger partial charge on any atom is 0.233 e. The fraction of sp³-hybridized carbons (Fsp3) is 0.889. The molecule has 0 rings (SSSR count). The molecule has 0 aliphatic heterocycles. The van der Waals surface area contributed by atoms with E-state index >= 15 is 0 Å². The van der Waals surface area contributed by atoms with E-state index < -0.39 is 0 Å². The van der Waals surface area contributed by atoms with Crippen LogP contribution in [0.1, 0.15) is 25.7 Å². The Morgan fingerprint density at radius 1 is 1.21 bits per heavy atom. The monoisotopic (exact) mass is 204 g/mol. The van der Waals surface area contributed by atoms with E-state index in [1.165, 1.54) is 0 Å². The summed E-state index contributed by atoms with van der Waals surface area (Å²) in [5.41, 5.74) is 2.10. The zero-order chi connectivity index (χ0) is 10.6. The Bertz CT molecular complexity index is 142. The van der Waals surface area contributed by atoms with Gasteiger partial charge in [-0.05, 0) is 12.8 Å². The molecule has 0 radical (unpaired) electrons. The molecule has 0 heterocycles. The van der Waals surface area contributed by atoms with Crippen LogP contribution in [-0.4, -0.2) is 32.8 Å². The highest BCUT2D eigenvalue weighted by atomic mass is 16.5. The number of ether oxygens (including phenoxy) is 2. The number of carbonyl (C=O) groups is 1. The molecular weight excluding hydrogens is 184 g/mol. The number of unbranched alkanes of at least 4 members (excludes halogenated alkanes) is 2. The van der Waals surface area contributed by atoms with Gasteiger partial charge in [0.1, 0.15) is 0 Å². The van der Waals surface area contributed by atoms with Gasteiger partial charge in [-0.15, -0.1) is 0 Å². The zero-order valence-electron chi connectivity index (χ0n) is 8.75. The zero-order valence-corrected chi connectivity index (χ0v) is 8.75. The quantitative estimate of drug-likeness (QED) is 0.243. The molecule has 0 bridgehead atoms. The lowest BCUT2D eigenvalue weighted by Crippen LogP contribution is -2.29. The van der Waals surface area contributed by atoms with Gasteiger partial charge in [-0.2, -0.15) is 0 Å². The summed E-state index contributed by atoms with van der Waals surface area (Å²) in [6.07, 6.45) is 3.31. The van der Waals surface area contributed by atoms with Crippen LogP contribution in [0.4, 0.5) is 0 Å². The van der Waals surface area contributed by atoms with Crippen molar-refractivity contribution in [2.75, 3.05) is 26.9 Å². The standard InChI is InChI=1S/C9H20N2O3/c1-13-7-8-14-6-4-2-3-5-9(12)11-10/h2-8,10H2,1H3,(H,11,12). The molecule has 0 aliphatic rings. The topological polar surface area (TPSA) is 73.6 Å². The van der Waals surface area contributed by atoms with Gasteiger partial charge in [0.05, 0.1) is 13.2 Å². The number of methoxy groups -OCH3 is 1. The average Bonchev–Trinajstić information content (AvgIpc) is 2.21. The van der Waals surface area contributed by atoms with Gasteiger partial charge in [-0.3, -0.25) is 10.2 Å². The van der Waals surface area contributed by atoms with Gasteiger partial charge in [-0.1, -0.05) is 6.42 Å². The van der Waals surface area contributed by atoms with E-state index in [9.17, 15) is 4.79 Å². The van der Waals surface area contributed by atoms with Crippen molar-refractivity contribution in [3.8, 4) is 0 Å². The number of amides is 1. The highest BCUT2D eigenvalue weighted by Gasteiger charge is 1.97. The molecule has 0 fully saturated rings. The van der Waals surface area contributed by atoms with Gasteiger partial charge in [0.15, 0.2) is 0 Å². The van der Waals surface area contributed by atoms with Crippen molar-refractivity contribution >= 4 is 5.91 Å². The second-order valence-electron chi connectivity index (χ2n) is 2.98. The number of nitrogens with one attached hydrogen (secondary N) is 1. The van der Waals surface area contributed by atoms with Crippen molar-refractivity contribution in [3.05, 3.63) is 0 Å². The van der Waals surface area contributed by atoms with Crippen LogP contribution in [-0.2, 0) is 14.3 Å². The van der Waals surface area contributed by atoms with E-state index in [4.69, 9.17) is 15.3 Å². The number of hydrogen-bond acceptors (Lipinski definition) is 4. The van der Waals surface area contributed by atoms with Crippen LogP contribution in [0.2, 0.25) is 0 Å². The predicted octanol–water partition coefficient (Wildman–Crippen LogP) is 0.200. The summed E-state index contributed by atoms with van der Waals surface area (Å²) >= 11 is 0. The molecule has 0 saturated carbocycles. The Morgan fingerprint density at radius 2 is 2.00 bits per heavy atom. The smallest absolute Gasteiger partial charge is 0.233 e. The first-order valence-electron chi connectivity index (χ1n) is 4.87. The van der Waals surface area contributed by atoms with Gasteiger partial charge in [0, 0.05) is 20.1 Å². The van der Waals surface area contributed by atoms with Crippen molar-refractivity contribution < 1.29 is 14.3 Å². The molecule has 0 aliphatic carbocycles. The second kappa shape index (κ2) is 10.4. The molecule has 0 aromatic rings. The average molecular weight is 204 g/mol. The Morgan fingerprint density at radius 3 is 2.64 bits per heavy atom. The summed E-state index contributed by atoms with van der Waals surface area (Å²) in [6, 6.07) is 0. The maximum atomic E-state index is 10.7. The summed E-state index contributed by atoms with van der Waals surface area (Å²) in [6.45, 7) is 2.00. The molecule has 5 heteroatoms. The molecule has 0 aromatic heterocycles. The summed E-state index contributed by atoms with van der Waals surface area (Å²) in [7, 11) is 1.65. The summed E-state index contributed by atoms with van der Waals surface area (Å²) < 4.78 is 10.1. The van der Waals surface area contributed by atoms with Crippen molar-refractivity contribution in [3.63, 3.8) is 0 Å². The molecule has 14 heavy (non-hydrogen) atoms. The molecule has 5 nitrogen and oxygen atoms in total. The van der Waals surface area contributed by atoms with Crippen LogP contribution in [0.25, 0.3) is 0 Å². The molecule has 1 amide bonds. The van der Waals surface area contributed by atoms with Crippen LogP contribution >= 0.6 is 0 Å². The molecule has 0 atom stereocenters. The first-order chi connectivity index (χ1) is 6.81. The van der Waals surface area contributed by atoms with Gasteiger partial charge >= 0.3 is 0 Å². The Labute approximate surface area is 84.9 Å². The van der Waals surface area contributed by atoms with Crippen LogP contribution < -0.4 is 11.3 Å². The fourth-order valence-electron chi connectivity index (χ4n) is 0.983. The van der Waals surface area contributed by atoms with Crippen molar-refractivity contribution in [1.29, 1.82) is 0 Å². The molecular formula is C9H20N2O3. The third kappa shape index (κ3) is 9.44. The Balaban J connectivity index is 2.95. The number of hydrogen-bond donors (Lipinski definition) is 2. The van der Waals surface area contributed by atoms with Gasteiger partial charge in [-0.25, -0.2) is 5.84 Å². The minimum absolute atomic E-state index is 0.106. The number of rotatable bonds is 9. The molecule has 0 saturated heterocycles. The minimum Gasteiger partial charge on any atom is -0.382 e. The molecule has 0 unspecified atom stereocenters. The van der Waals surface area contributed by atoms with Crippen LogP contribution in [0.3, 0.4) is 0 Å².